The van der Waals surface area contributed by atoms with Crippen molar-refractivity contribution in [2.45, 2.75) is 26.4 Å². The maximum Gasteiger partial charge on any atom is 0.322 e. The van der Waals surface area contributed by atoms with Crippen LogP contribution >= 0.6 is 0 Å². The van der Waals surface area contributed by atoms with Crippen LogP contribution in [0.3, 0.4) is 0 Å². The third-order valence-electron chi connectivity index (χ3n) is 5.06. The molecule has 0 bridgehead atoms. The maximum absolute atomic E-state index is 13.1. The Morgan fingerprint density at radius 3 is 2.77 bits per heavy atom. The van der Waals surface area contributed by atoms with Gasteiger partial charge in [-0.3, -0.25) is 4.98 Å². The highest BCUT2D eigenvalue weighted by Gasteiger charge is 2.32. The van der Waals surface area contributed by atoms with Gasteiger partial charge in [-0.1, -0.05) is 12.1 Å². The van der Waals surface area contributed by atoms with Crippen LogP contribution in [0.2, 0.25) is 0 Å². The van der Waals surface area contributed by atoms with Crippen molar-refractivity contribution in [3.8, 4) is 0 Å². The Kier molecular flexibility index (Phi) is 4.21. The van der Waals surface area contributed by atoms with Gasteiger partial charge in [0.1, 0.15) is 6.04 Å². The largest absolute Gasteiger partial charge is 0.348 e. The number of carbonyl (C=O) groups is 1. The third kappa shape index (κ3) is 2.96. The van der Waals surface area contributed by atoms with E-state index in [-0.39, 0.29) is 12.1 Å². The smallest absolute Gasteiger partial charge is 0.322 e. The highest BCUT2D eigenvalue weighted by molar-refractivity contribution is 5.90. The van der Waals surface area contributed by atoms with E-state index in [0.29, 0.717) is 6.54 Å². The second kappa shape index (κ2) is 6.67. The summed E-state index contributed by atoms with van der Waals surface area (Å²) in [5, 5.41) is 3.06. The molecular formula is C21H22N4O. The van der Waals surface area contributed by atoms with E-state index in [2.05, 4.69) is 41.0 Å². The number of hydrogen-bond donors (Lipinski definition) is 1. The Morgan fingerprint density at radius 2 is 2.00 bits per heavy atom. The molecule has 3 aromatic rings. The zero-order valence-electron chi connectivity index (χ0n) is 15.0. The van der Waals surface area contributed by atoms with Crippen LogP contribution < -0.4 is 5.32 Å². The molecule has 0 radical (unpaired) electrons. The second-order valence-electron chi connectivity index (χ2n) is 6.74. The van der Waals surface area contributed by atoms with Crippen LogP contribution in [0.5, 0.6) is 0 Å². The fourth-order valence-corrected chi connectivity index (χ4v) is 3.51. The number of nitrogens with zero attached hydrogens (tertiary/aromatic N) is 3. The number of aryl methyl sites for hydroxylation is 2. The van der Waals surface area contributed by atoms with Crippen molar-refractivity contribution in [1.82, 2.24) is 14.5 Å². The lowest BCUT2D eigenvalue weighted by Crippen LogP contribution is -2.44. The molecule has 5 heteroatoms. The Labute approximate surface area is 153 Å². The molecule has 2 amide bonds. The van der Waals surface area contributed by atoms with Gasteiger partial charge in [-0.2, -0.15) is 0 Å². The normalized spacial score (nSPS) is 16.2. The van der Waals surface area contributed by atoms with Crippen LogP contribution in [0.25, 0.3) is 0 Å². The van der Waals surface area contributed by atoms with E-state index < -0.39 is 0 Å². The highest BCUT2D eigenvalue weighted by atomic mass is 16.2. The monoisotopic (exact) mass is 346 g/mol. The van der Waals surface area contributed by atoms with Gasteiger partial charge in [-0.05, 0) is 60.9 Å². The van der Waals surface area contributed by atoms with Crippen molar-refractivity contribution in [2.75, 3.05) is 11.9 Å². The molecule has 1 N–H and O–H groups in total. The van der Waals surface area contributed by atoms with Crippen molar-refractivity contribution in [3.05, 3.63) is 83.4 Å². The van der Waals surface area contributed by atoms with Gasteiger partial charge in [-0.25, -0.2) is 4.79 Å². The van der Waals surface area contributed by atoms with Gasteiger partial charge in [-0.15, -0.1) is 0 Å². The Bertz CT molecular complexity index is 932. The van der Waals surface area contributed by atoms with Crippen molar-refractivity contribution in [2.24, 2.45) is 0 Å². The fourth-order valence-electron chi connectivity index (χ4n) is 3.51. The number of fused-ring (bicyclic) bond motifs is 1. The van der Waals surface area contributed by atoms with Crippen LogP contribution in [0.4, 0.5) is 10.5 Å². The molecule has 0 saturated carbocycles. The van der Waals surface area contributed by atoms with Crippen LogP contribution in [0.15, 0.2) is 61.1 Å². The van der Waals surface area contributed by atoms with Gasteiger partial charge in [0.15, 0.2) is 0 Å². The number of benzene rings is 1. The van der Waals surface area contributed by atoms with E-state index in [1.165, 1.54) is 11.1 Å². The van der Waals surface area contributed by atoms with Crippen molar-refractivity contribution < 1.29 is 4.79 Å². The molecule has 132 valence electrons. The summed E-state index contributed by atoms with van der Waals surface area (Å²) in [6, 6.07) is 13.8. The van der Waals surface area contributed by atoms with E-state index in [1.54, 1.807) is 6.20 Å². The average molecular weight is 346 g/mol. The van der Waals surface area contributed by atoms with E-state index in [1.807, 2.05) is 47.5 Å². The van der Waals surface area contributed by atoms with E-state index in [4.69, 9.17) is 0 Å². The fraction of sp³-hybridized carbons (Fsp3) is 0.238. The van der Waals surface area contributed by atoms with Crippen molar-refractivity contribution >= 4 is 11.7 Å². The maximum atomic E-state index is 13.1. The lowest BCUT2D eigenvalue weighted by Gasteiger charge is -2.37. The Hall–Kier alpha value is -3.08. The molecule has 1 unspecified atom stereocenters. The first kappa shape index (κ1) is 16.4. The number of amides is 2. The highest BCUT2D eigenvalue weighted by Crippen LogP contribution is 2.32. The zero-order valence-corrected chi connectivity index (χ0v) is 15.0. The lowest BCUT2D eigenvalue weighted by molar-refractivity contribution is 0.181. The standard InChI is InChI=1S/C21H22N4O/c1-15-7-8-18(13-16(15)2)23-21(26)25-12-11-24-10-4-6-19(24)20(25)17-5-3-9-22-14-17/h3-10,13-14,20H,11-12H2,1-2H3,(H,23,26). The quantitative estimate of drug-likeness (QED) is 0.758. The molecule has 0 aliphatic carbocycles. The molecule has 0 fully saturated rings. The molecule has 5 nitrogen and oxygen atoms in total. The number of nitrogens with one attached hydrogen (secondary N) is 1. The van der Waals surface area contributed by atoms with Crippen LogP contribution in [0.1, 0.15) is 28.4 Å². The number of hydrogen-bond acceptors (Lipinski definition) is 2. The van der Waals surface area contributed by atoms with Gasteiger partial charge in [0, 0.05) is 43.1 Å². The minimum atomic E-state index is -0.140. The van der Waals surface area contributed by atoms with Crippen LogP contribution in [-0.4, -0.2) is 27.0 Å². The molecule has 0 spiro atoms. The van der Waals surface area contributed by atoms with Gasteiger partial charge in [0.25, 0.3) is 0 Å². The number of urea groups is 1. The van der Waals surface area contributed by atoms with Gasteiger partial charge < -0.3 is 14.8 Å². The van der Waals surface area contributed by atoms with Gasteiger partial charge >= 0.3 is 6.03 Å². The summed E-state index contributed by atoms with van der Waals surface area (Å²) < 4.78 is 2.21. The lowest BCUT2D eigenvalue weighted by atomic mass is 10.0. The van der Waals surface area contributed by atoms with E-state index in [0.717, 1.165) is 23.5 Å². The summed E-state index contributed by atoms with van der Waals surface area (Å²) >= 11 is 0. The summed E-state index contributed by atoms with van der Waals surface area (Å²) in [5.74, 6) is 0. The zero-order chi connectivity index (χ0) is 18.1. The third-order valence-corrected chi connectivity index (χ3v) is 5.06. The van der Waals surface area contributed by atoms with Crippen LogP contribution in [-0.2, 0) is 6.54 Å². The summed E-state index contributed by atoms with van der Waals surface area (Å²) in [7, 11) is 0. The predicted molar refractivity (Wildman–Crippen MR) is 102 cm³/mol. The first-order valence-corrected chi connectivity index (χ1v) is 8.83. The minimum Gasteiger partial charge on any atom is -0.348 e. The second-order valence-corrected chi connectivity index (χ2v) is 6.74. The first-order chi connectivity index (χ1) is 12.6. The average Bonchev–Trinajstić information content (AvgIpc) is 3.13. The number of aromatic nitrogens is 2. The van der Waals surface area contributed by atoms with Gasteiger partial charge in [0.05, 0.1) is 0 Å². The number of carbonyl (C=O) groups excluding carboxylic acids is 1. The Morgan fingerprint density at radius 1 is 1.12 bits per heavy atom. The molecule has 3 heterocycles. The number of pyridine rings is 1. The van der Waals surface area contributed by atoms with Crippen molar-refractivity contribution in [3.63, 3.8) is 0 Å². The minimum absolute atomic E-state index is 0.0884. The Balaban J connectivity index is 1.65. The van der Waals surface area contributed by atoms with Gasteiger partial charge in [0.2, 0.25) is 0 Å². The molecule has 1 aliphatic rings. The summed E-state index contributed by atoms with van der Waals surface area (Å²) in [4.78, 5) is 19.2. The molecule has 4 rings (SSSR count). The SMILES string of the molecule is Cc1ccc(NC(=O)N2CCn3cccc3C2c2cccnc2)cc1C. The summed E-state index contributed by atoms with van der Waals surface area (Å²) in [6.45, 7) is 5.56. The first-order valence-electron chi connectivity index (χ1n) is 8.83. The number of rotatable bonds is 2. The molecule has 1 aromatic carbocycles. The molecule has 1 atom stereocenters. The van der Waals surface area contributed by atoms with E-state index in [9.17, 15) is 4.79 Å². The predicted octanol–water partition coefficient (Wildman–Crippen LogP) is 4.14. The molecule has 1 aliphatic heterocycles. The molecular weight excluding hydrogens is 324 g/mol. The summed E-state index contributed by atoms with van der Waals surface area (Å²) in [5.41, 5.74) is 5.33. The van der Waals surface area contributed by atoms with Crippen molar-refractivity contribution in [1.29, 1.82) is 0 Å². The number of anilines is 1. The topological polar surface area (TPSA) is 50.2 Å². The van der Waals surface area contributed by atoms with E-state index >= 15 is 0 Å². The van der Waals surface area contributed by atoms with Crippen LogP contribution in [0, 0.1) is 13.8 Å². The molecule has 26 heavy (non-hydrogen) atoms. The molecule has 0 saturated heterocycles. The molecule has 2 aromatic heterocycles. The summed E-state index contributed by atoms with van der Waals surface area (Å²) in [6.07, 6.45) is 5.66.